The van der Waals surface area contributed by atoms with Crippen LogP contribution in [0.2, 0.25) is 0 Å². The average Bonchev–Trinajstić information content (AvgIpc) is 2.58. The van der Waals surface area contributed by atoms with E-state index in [1.165, 1.54) is 0 Å². The fourth-order valence-electron chi connectivity index (χ4n) is 1.32. The Morgan fingerprint density at radius 3 is 2.62 bits per heavy atom. The van der Waals surface area contributed by atoms with E-state index in [1.807, 2.05) is 0 Å². The summed E-state index contributed by atoms with van der Waals surface area (Å²) in [5.41, 5.74) is -0.880. The van der Waals surface area contributed by atoms with Gasteiger partial charge in [-0.3, -0.25) is 0 Å². The maximum atomic E-state index is 12.3. The second-order valence-corrected chi connectivity index (χ2v) is 3.11. The molecule has 2 rings (SSSR count). The second-order valence-electron chi connectivity index (χ2n) is 3.11. The number of nitrogens with zero attached hydrogens (tertiary/aromatic N) is 2. The summed E-state index contributed by atoms with van der Waals surface area (Å²) in [5.74, 6) is -1.23. The fraction of sp³-hybridized carbons (Fsp3) is 0.111. The zero-order valence-corrected chi connectivity index (χ0v) is 7.69. The highest BCUT2D eigenvalue weighted by Gasteiger charge is 2.31. The maximum Gasteiger partial charge on any atom is 0.417 e. The third-order valence-electron chi connectivity index (χ3n) is 2.07. The van der Waals surface area contributed by atoms with Crippen LogP contribution in [0.3, 0.4) is 0 Å². The topological polar surface area (TPSA) is 54.6 Å². The van der Waals surface area contributed by atoms with E-state index >= 15 is 0 Å². The molecular formula is C9H5F3N2O2. The third kappa shape index (κ3) is 1.60. The zero-order chi connectivity index (χ0) is 11.9. The summed E-state index contributed by atoms with van der Waals surface area (Å²) in [6.07, 6.45) is -2.71. The van der Waals surface area contributed by atoms with Gasteiger partial charge in [0.05, 0.1) is 17.3 Å². The standard InChI is InChI=1S/C9H5F3N2O2/c10-9(11,12)5-1-2-7-6(8(15)16)3-13-14(7)4-5/h1-4H,(H,15,16). The Kier molecular flexibility index (Phi) is 2.11. The predicted octanol–water partition coefficient (Wildman–Crippen LogP) is 2.05. The molecule has 0 aliphatic carbocycles. The summed E-state index contributed by atoms with van der Waals surface area (Å²) in [7, 11) is 0. The number of aromatic nitrogens is 2. The lowest BCUT2D eigenvalue weighted by atomic mass is 10.2. The molecule has 0 saturated carbocycles. The van der Waals surface area contributed by atoms with Crippen molar-refractivity contribution in [2.75, 3.05) is 0 Å². The van der Waals surface area contributed by atoms with Gasteiger partial charge in [-0.15, -0.1) is 0 Å². The lowest BCUT2D eigenvalue weighted by Crippen LogP contribution is -2.06. The maximum absolute atomic E-state index is 12.3. The Hall–Kier alpha value is -2.05. The monoisotopic (exact) mass is 230 g/mol. The van der Waals surface area contributed by atoms with Crippen LogP contribution in [0.5, 0.6) is 0 Å². The van der Waals surface area contributed by atoms with E-state index in [1.54, 1.807) is 0 Å². The zero-order valence-electron chi connectivity index (χ0n) is 7.69. The van der Waals surface area contributed by atoms with Crippen LogP contribution in [-0.2, 0) is 6.18 Å². The average molecular weight is 230 g/mol. The molecule has 2 aromatic rings. The molecular weight excluding hydrogens is 225 g/mol. The van der Waals surface area contributed by atoms with Crippen molar-refractivity contribution in [2.24, 2.45) is 0 Å². The van der Waals surface area contributed by atoms with Gasteiger partial charge in [-0.2, -0.15) is 18.3 Å². The molecule has 0 aliphatic rings. The van der Waals surface area contributed by atoms with Gasteiger partial charge in [0, 0.05) is 6.20 Å². The number of carboxylic acids is 1. The van der Waals surface area contributed by atoms with Gasteiger partial charge in [-0.05, 0) is 12.1 Å². The molecule has 0 fully saturated rings. The van der Waals surface area contributed by atoms with E-state index in [2.05, 4.69) is 5.10 Å². The molecule has 1 N–H and O–H groups in total. The number of hydrogen-bond acceptors (Lipinski definition) is 2. The third-order valence-corrected chi connectivity index (χ3v) is 2.07. The van der Waals surface area contributed by atoms with E-state index in [0.29, 0.717) is 0 Å². The van der Waals surface area contributed by atoms with Crippen LogP contribution in [-0.4, -0.2) is 20.7 Å². The minimum Gasteiger partial charge on any atom is -0.478 e. The van der Waals surface area contributed by atoms with Crippen molar-refractivity contribution in [3.63, 3.8) is 0 Å². The summed E-state index contributed by atoms with van der Waals surface area (Å²) in [6, 6.07) is 1.91. The van der Waals surface area contributed by atoms with Crippen LogP contribution >= 0.6 is 0 Å². The van der Waals surface area contributed by atoms with Gasteiger partial charge in [0.2, 0.25) is 0 Å². The first-order chi connectivity index (χ1) is 7.39. The van der Waals surface area contributed by atoms with Crippen LogP contribution in [0.1, 0.15) is 15.9 Å². The molecule has 2 heterocycles. The first kappa shape index (κ1) is 10.5. The molecule has 0 atom stereocenters. The molecule has 0 spiro atoms. The van der Waals surface area contributed by atoms with Crippen LogP contribution in [0.4, 0.5) is 13.2 Å². The van der Waals surface area contributed by atoms with Crippen molar-refractivity contribution < 1.29 is 23.1 Å². The van der Waals surface area contributed by atoms with Crippen molar-refractivity contribution in [3.05, 3.63) is 35.7 Å². The molecule has 84 valence electrons. The summed E-state index contributed by atoms with van der Waals surface area (Å²) >= 11 is 0. The van der Waals surface area contributed by atoms with Crippen molar-refractivity contribution in [1.29, 1.82) is 0 Å². The Bertz CT molecular complexity index is 559. The lowest BCUT2D eigenvalue weighted by molar-refractivity contribution is -0.137. The minimum absolute atomic E-state index is 0.125. The largest absolute Gasteiger partial charge is 0.478 e. The van der Waals surface area contributed by atoms with Crippen LogP contribution in [0.15, 0.2) is 24.5 Å². The number of alkyl halides is 3. The highest BCUT2D eigenvalue weighted by Crippen LogP contribution is 2.29. The van der Waals surface area contributed by atoms with Gasteiger partial charge >= 0.3 is 12.1 Å². The number of carboxylic acid groups (broad SMARTS) is 1. The highest BCUT2D eigenvalue weighted by atomic mass is 19.4. The summed E-state index contributed by atoms with van der Waals surface area (Å²) < 4.78 is 37.9. The first-order valence-corrected chi connectivity index (χ1v) is 4.17. The van der Waals surface area contributed by atoms with Crippen LogP contribution in [0, 0.1) is 0 Å². The number of aromatic carboxylic acids is 1. The number of halogens is 3. The summed E-state index contributed by atoms with van der Waals surface area (Å²) in [6.45, 7) is 0. The summed E-state index contributed by atoms with van der Waals surface area (Å²) in [5, 5.41) is 12.3. The molecule has 4 nitrogen and oxygen atoms in total. The van der Waals surface area contributed by atoms with Gasteiger partial charge in [-0.1, -0.05) is 0 Å². The number of pyridine rings is 1. The van der Waals surface area contributed by atoms with E-state index in [0.717, 1.165) is 29.0 Å². The van der Waals surface area contributed by atoms with E-state index in [9.17, 15) is 18.0 Å². The molecule has 0 aliphatic heterocycles. The fourth-order valence-corrected chi connectivity index (χ4v) is 1.32. The van der Waals surface area contributed by atoms with Crippen molar-refractivity contribution in [3.8, 4) is 0 Å². The number of fused-ring (bicyclic) bond motifs is 1. The Balaban J connectivity index is 2.62. The minimum atomic E-state index is -4.47. The van der Waals surface area contributed by atoms with Gasteiger partial charge in [0.15, 0.2) is 0 Å². The van der Waals surface area contributed by atoms with Crippen molar-refractivity contribution in [2.45, 2.75) is 6.18 Å². The van der Waals surface area contributed by atoms with Crippen LogP contribution in [0.25, 0.3) is 5.52 Å². The molecule has 7 heteroatoms. The highest BCUT2D eigenvalue weighted by molar-refractivity contribution is 5.95. The predicted molar refractivity (Wildman–Crippen MR) is 47.2 cm³/mol. The Morgan fingerprint density at radius 1 is 1.38 bits per heavy atom. The van der Waals surface area contributed by atoms with E-state index < -0.39 is 17.7 Å². The quantitative estimate of drug-likeness (QED) is 0.815. The number of rotatable bonds is 1. The van der Waals surface area contributed by atoms with Gasteiger partial charge in [0.1, 0.15) is 5.56 Å². The summed E-state index contributed by atoms with van der Waals surface area (Å²) in [4.78, 5) is 10.7. The van der Waals surface area contributed by atoms with Gasteiger partial charge in [-0.25, -0.2) is 9.31 Å². The number of hydrogen-bond donors (Lipinski definition) is 1. The molecule has 2 aromatic heterocycles. The second kappa shape index (κ2) is 3.22. The molecule has 0 bridgehead atoms. The molecule has 0 saturated heterocycles. The smallest absolute Gasteiger partial charge is 0.417 e. The van der Waals surface area contributed by atoms with Crippen LogP contribution < -0.4 is 0 Å². The molecule has 0 radical (unpaired) electrons. The SMILES string of the molecule is O=C(O)c1cnn2cc(C(F)(F)F)ccc12. The molecule has 0 unspecified atom stereocenters. The molecule has 16 heavy (non-hydrogen) atoms. The lowest BCUT2D eigenvalue weighted by Gasteiger charge is -2.06. The first-order valence-electron chi connectivity index (χ1n) is 4.17. The normalized spacial score (nSPS) is 11.9. The van der Waals surface area contributed by atoms with Crippen molar-refractivity contribution >= 4 is 11.5 Å². The van der Waals surface area contributed by atoms with Gasteiger partial charge in [0.25, 0.3) is 0 Å². The van der Waals surface area contributed by atoms with Crippen molar-refractivity contribution in [1.82, 2.24) is 9.61 Å². The Labute approximate surface area is 86.9 Å². The molecule has 0 aromatic carbocycles. The number of carbonyl (C=O) groups is 1. The van der Waals surface area contributed by atoms with Gasteiger partial charge < -0.3 is 5.11 Å². The van der Waals surface area contributed by atoms with E-state index in [4.69, 9.17) is 5.11 Å². The van der Waals surface area contributed by atoms with E-state index in [-0.39, 0.29) is 11.1 Å². The molecule has 0 amide bonds. The Morgan fingerprint density at radius 2 is 2.06 bits per heavy atom.